The Bertz CT molecular complexity index is 372. The minimum atomic E-state index is -0.242. The maximum atomic E-state index is 11.9. The third kappa shape index (κ3) is 3.26. The summed E-state index contributed by atoms with van der Waals surface area (Å²) in [5.41, 5.74) is 0.0837. The summed E-state index contributed by atoms with van der Waals surface area (Å²) in [4.78, 5) is 11.9. The highest BCUT2D eigenvalue weighted by Crippen LogP contribution is 2.18. The molecule has 2 N–H and O–H groups in total. The first-order valence-corrected chi connectivity index (χ1v) is 5.57. The van der Waals surface area contributed by atoms with E-state index in [1.54, 1.807) is 18.2 Å². The summed E-state index contributed by atoms with van der Waals surface area (Å²) in [6.45, 7) is 6.04. The SMILES string of the molecule is CCCC(C)(C)NC(=O)c1ccccc1O. The third-order valence-corrected chi connectivity index (χ3v) is 2.48. The van der Waals surface area contributed by atoms with Crippen molar-refractivity contribution in [1.82, 2.24) is 5.32 Å². The molecule has 1 aromatic rings. The molecule has 0 radical (unpaired) electrons. The summed E-state index contributed by atoms with van der Waals surface area (Å²) in [5.74, 6) is -0.205. The van der Waals surface area contributed by atoms with Gasteiger partial charge in [-0.3, -0.25) is 4.79 Å². The number of carbonyl (C=O) groups is 1. The van der Waals surface area contributed by atoms with Crippen LogP contribution in [0.2, 0.25) is 0 Å². The zero-order chi connectivity index (χ0) is 12.2. The standard InChI is InChI=1S/C13H19NO2/c1-4-9-13(2,3)14-12(16)10-7-5-6-8-11(10)15/h5-8,15H,4,9H2,1-3H3,(H,14,16). The van der Waals surface area contributed by atoms with Crippen LogP contribution in [0.4, 0.5) is 0 Å². The van der Waals surface area contributed by atoms with E-state index in [1.165, 1.54) is 6.07 Å². The van der Waals surface area contributed by atoms with Gasteiger partial charge in [0.2, 0.25) is 0 Å². The number of amides is 1. The second-order valence-electron chi connectivity index (χ2n) is 4.61. The summed E-state index contributed by atoms with van der Waals surface area (Å²) < 4.78 is 0. The molecule has 1 rings (SSSR count). The van der Waals surface area contributed by atoms with Gasteiger partial charge < -0.3 is 10.4 Å². The quantitative estimate of drug-likeness (QED) is 0.821. The van der Waals surface area contributed by atoms with Crippen molar-refractivity contribution < 1.29 is 9.90 Å². The Hall–Kier alpha value is -1.51. The smallest absolute Gasteiger partial charge is 0.255 e. The van der Waals surface area contributed by atoms with E-state index in [-0.39, 0.29) is 17.2 Å². The number of hydrogen-bond donors (Lipinski definition) is 2. The number of phenolic OH excluding ortho intramolecular Hbond substituents is 1. The minimum Gasteiger partial charge on any atom is -0.507 e. The van der Waals surface area contributed by atoms with Crippen LogP contribution in [-0.2, 0) is 0 Å². The largest absolute Gasteiger partial charge is 0.507 e. The molecule has 0 saturated heterocycles. The first kappa shape index (κ1) is 12.6. The van der Waals surface area contributed by atoms with Crippen LogP contribution in [0.5, 0.6) is 5.75 Å². The van der Waals surface area contributed by atoms with Crippen molar-refractivity contribution in [2.75, 3.05) is 0 Å². The van der Waals surface area contributed by atoms with Crippen molar-refractivity contribution in [2.45, 2.75) is 39.2 Å². The van der Waals surface area contributed by atoms with Crippen LogP contribution in [0.1, 0.15) is 44.0 Å². The van der Waals surface area contributed by atoms with Crippen molar-refractivity contribution in [2.24, 2.45) is 0 Å². The van der Waals surface area contributed by atoms with Gasteiger partial charge in [-0.2, -0.15) is 0 Å². The lowest BCUT2D eigenvalue weighted by atomic mass is 9.98. The van der Waals surface area contributed by atoms with E-state index in [0.29, 0.717) is 5.56 Å². The maximum Gasteiger partial charge on any atom is 0.255 e. The summed E-state index contributed by atoms with van der Waals surface area (Å²) in [7, 11) is 0. The fourth-order valence-electron chi connectivity index (χ4n) is 1.73. The van der Waals surface area contributed by atoms with Crippen LogP contribution in [0.25, 0.3) is 0 Å². The van der Waals surface area contributed by atoms with Crippen molar-refractivity contribution >= 4 is 5.91 Å². The molecule has 0 bridgehead atoms. The van der Waals surface area contributed by atoms with Gasteiger partial charge in [0.25, 0.3) is 5.91 Å². The average molecular weight is 221 g/mol. The van der Waals surface area contributed by atoms with Gasteiger partial charge in [0, 0.05) is 5.54 Å². The third-order valence-electron chi connectivity index (χ3n) is 2.48. The molecule has 88 valence electrons. The summed E-state index contributed by atoms with van der Waals surface area (Å²) >= 11 is 0. The predicted molar refractivity (Wildman–Crippen MR) is 64.6 cm³/mol. The summed E-state index contributed by atoms with van der Waals surface area (Å²) in [6.07, 6.45) is 1.92. The van der Waals surface area contributed by atoms with Crippen LogP contribution in [0.3, 0.4) is 0 Å². The van der Waals surface area contributed by atoms with Crippen molar-refractivity contribution in [1.29, 1.82) is 0 Å². The molecule has 0 aliphatic heterocycles. The summed E-state index contributed by atoms with van der Waals surface area (Å²) in [5, 5.41) is 12.5. The van der Waals surface area contributed by atoms with Crippen LogP contribution in [0, 0.1) is 0 Å². The normalized spacial score (nSPS) is 11.2. The molecule has 1 amide bonds. The Morgan fingerprint density at radius 3 is 2.56 bits per heavy atom. The zero-order valence-electron chi connectivity index (χ0n) is 10.1. The molecule has 0 atom stereocenters. The summed E-state index contributed by atoms with van der Waals surface area (Å²) in [6, 6.07) is 6.57. The molecule has 0 aliphatic rings. The average Bonchev–Trinajstić information content (AvgIpc) is 2.17. The van der Waals surface area contributed by atoms with E-state index < -0.39 is 0 Å². The second kappa shape index (κ2) is 5.01. The van der Waals surface area contributed by atoms with Crippen molar-refractivity contribution in [3.63, 3.8) is 0 Å². The lowest BCUT2D eigenvalue weighted by molar-refractivity contribution is 0.0906. The van der Waals surface area contributed by atoms with Crippen LogP contribution < -0.4 is 5.32 Å². The molecule has 0 spiro atoms. The monoisotopic (exact) mass is 221 g/mol. The van der Waals surface area contributed by atoms with Gasteiger partial charge in [-0.25, -0.2) is 0 Å². The minimum absolute atomic E-state index is 0.0206. The number of hydrogen-bond acceptors (Lipinski definition) is 2. The van der Waals surface area contributed by atoms with Gasteiger partial charge in [0.1, 0.15) is 5.75 Å². The van der Waals surface area contributed by atoms with Crippen LogP contribution in [0.15, 0.2) is 24.3 Å². The molecule has 0 aromatic heterocycles. The molecule has 0 unspecified atom stereocenters. The number of para-hydroxylation sites is 1. The van der Waals surface area contributed by atoms with E-state index in [2.05, 4.69) is 12.2 Å². The van der Waals surface area contributed by atoms with Gasteiger partial charge in [-0.05, 0) is 32.4 Å². The molecule has 3 nitrogen and oxygen atoms in total. The zero-order valence-corrected chi connectivity index (χ0v) is 10.1. The molecule has 3 heteroatoms. The molecule has 1 aromatic carbocycles. The first-order valence-electron chi connectivity index (χ1n) is 5.57. The molecule has 0 saturated carbocycles. The maximum absolute atomic E-state index is 11.9. The van der Waals surface area contributed by atoms with Crippen LogP contribution >= 0.6 is 0 Å². The Labute approximate surface area is 96.5 Å². The van der Waals surface area contributed by atoms with Gasteiger partial charge in [0.05, 0.1) is 5.56 Å². The van der Waals surface area contributed by atoms with Crippen molar-refractivity contribution in [3.05, 3.63) is 29.8 Å². The topological polar surface area (TPSA) is 49.3 Å². The lowest BCUT2D eigenvalue weighted by Gasteiger charge is -2.25. The van der Waals surface area contributed by atoms with E-state index in [1.807, 2.05) is 13.8 Å². The number of phenols is 1. The molecule has 0 heterocycles. The highest BCUT2D eigenvalue weighted by atomic mass is 16.3. The number of benzene rings is 1. The van der Waals surface area contributed by atoms with Crippen molar-refractivity contribution in [3.8, 4) is 5.75 Å². The first-order chi connectivity index (χ1) is 7.46. The van der Waals surface area contributed by atoms with Gasteiger partial charge >= 0.3 is 0 Å². The van der Waals surface area contributed by atoms with Gasteiger partial charge in [-0.1, -0.05) is 25.5 Å². The number of aromatic hydroxyl groups is 1. The Balaban J connectivity index is 2.77. The Morgan fingerprint density at radius 1 is 1.38 bits per heavy atom. The highest BCUT2D eigenvalue weighted by molar-refractivity contribution is 5.97. The number of nitrogens with one attached hydrogen (secondary N) is 1. The fourth-order valence-corrected chi connectivity index (χ4v) is 1.73. The molecule has 16 heavy (non-hydrogen) atoms. The van der Waals surface area contributed by atoms with Gasteiger partial charge in [-0.15, -0.1) is 0 Å². The molecule has 0 fully saturated rings. The molecular formula is C13H19NO2. The van der Waals surface area contributed by atoms with E-state index in [9.17, 15) is 9.90 Å². The van der Waals surface area contributed by atoms with E-state index in [4.69, 9.17) is 0 Å². The fraction of sp³-hybridized carbons (Fsp3) is 0.462. The number of carbonyl (C=O) groups excluding carboxylic acids is 1. The van der Waals surface area contributed by atoms with E-state index in [0.717, 1.165) is 12.8 Å². The van der Waals surface area contributed by atoms with Gasteiger partial charge in [0.15, 0.2) is 0 Å². The lowest BCUT2D eigenvalue weighted by Crippen LogP contribution is -2.43. The Morgan fingerprint density at radius 2 is 2.00 bits per heavy atom. The second-order valence-corrected chi connectivity index (χ2v) is 4.61. The Kier molecular flexibility index (Phi) is 3.93. The van der Waals surface area contributed by atoms with Crippen LogP contribution in [-0.4, -0.2) is 16.6 Å². The molecule has 0 aliphatic carbocycles. The predicted octanol–water partition coefficient (Wildman–Crippen LogP) is 2.70. The van der Waals surface area contributed by atoms with E-state index >= 15 is 0 Å². The molecular weight excluding hydrogens is 202 g/mol. The number of rotatable bonds is 4. The highest BCUT2D eigenvalue weighted by Gasteiger charge is 2.21.